The second kappa shape index (κ2) is 4.80. The fourth-order valence-corrected chi connectivity index (χ4v) is 0.604. The lowest BCUT2D eigenvalue weighted by molar-refractivity contribution is -0.136. The molecule has 0 spiro atoms. The summed E-state index contributed by atoms with van der Waals surface area (Å²) in [5.41, 5.74) is 0. The van der Waals surface area contributed by atoms with Gasteiger partial charge in [-0.2, -0.15) is 4.21 Å². The van der Waals surface area contributed by atoms with Gasteiger partial charge < -0.3 is 9.29 Å². The summed E-state index contributed by atoms with van der Waals surface area (Å²) in [5.74, 6) is -1.59. The second-order valence-corrected chi connectivity index (χ2v) is 2.22. The van der Waals surface area contributed by atoms with Crippen molar-refractivity contribution in [3.05, 3.63) is 0 Å². The van der Waals surface area contributed by atoms with Gasteiger partial charge in [-0.1, -0.05) is 0 Å². The number of carboxylic acid groups (broad SMARTS) is 1. The number of hydrogen-bond acceptors (Lipinski definition) is 4. The maximum absolute atomic E-state index is 9.90. The van der Waals surface area contributed by atoms with Crippen molar-refractivity contribution in [2.75, 3.05) is 0 Å². The molecular formula is C4H7NO5S. The lowest BCUT2D eigenvalue weighted by Gasteiger charge is -1.98. The Labute approximate surface area is 65.2 Å². The molecule has 0 aliphatic rings. The summed E-state index contributed by atoms with van der Waals surface area (Å²) < 4.78 is 21.9. The summed E-state index contributed by atoms with van der Waals surface area (Å²) >= 11 is -2.53. The van der Waals surface area contributed by atoms with Crippen molar-refractivity contribution < 1.29 is 22.8 Å². The zero-order chi connectivity index (χ0) is 8.85. The second-order valence-electron chi connectivity index (χ2n) is 1.62. The molecule has 1 atom stereocenters. The Balaban J connectivity index is 3.53. The Morgan fingerprint density at radius 1 is 1.55 bits per heavy atom. The predicted octanol–water partition coefficient (Wildman–Crippen LogP) is -0.0182. The zero-order valence-corrected chi connectivity index (χ0v) is 6.26. The summed E-state index contributed by atoms with van der Waals surface area (Å²) in [4.78, 5) is 9.90. The van der Waals surface area contributed by atoms with E-state index in [1.54, 1.807) is 0 Å². The maximum atomic E-state index is 9.90. The molecule has 0 bridgehead atoms. The number of hydrogen-bond donors (Lipinski definition) is 3. The molecule has 0 fully saturated rings. The third-order valence-corrected chi connectivity index (χ3v) is 1.08. The largest absolute Gasteiger partial charge is 0.481 e. The molecule has 64 valence electrons. The van der Waals surface area contributed by atoms with E-state index in [2.05, 4.69) is 4.18 Å². The summed E-state index contributed by atoms with van der Waals surface area (Å²) in [7, 11) is 0. The first-order chi connectivity index (χ1) is 5.02. The van der Waals surface area contributed by atoms with Crippen LogP contribution in [0.5, 0.6) is 0 Å². The van der Waals surface area contributed by atoms with Gasteiger partial charge >= 0.3 is 17.3 Å². The first kappa shape index (κ1) is 10.0. The average molecular weight is 181 g/mol. The highest BCUT2D eigenvalue weighted by Gasteiger charge is 2.04. The Kier molecular flexibility index (Phi) is 4.39. The predicted molar refractivity (Wildman–Crippen MR) is 36.5 cm³/mol. The van der Waals surface area contributed by atoms with Gasteiger partial charge in [-0.25, -0.2) is 0 Å². The van der Waals surface area contributed by atoms with Crippen LogP contribution in [-0.2, 0) is 20.3 Å². The highest BCUT2D eigenvalue weighted by molar-refractivity contribution is 7.74. The van der Waals surface area contributed by atoms with E-state index in [1.165, 1.54) is 0 Å². The van der Waals surface area contributed by atoms with Gasteiger partial charge in [-0.15, -0.1) is 0 Å². The van der Waals surface area contributed by atoms with Crippen molar-refractivity contribution in [2.45, 2.75) is 12.8 Å². The smallest absolute Gasteiger partial charge is 0.358 e. The molecule has 11 heavy (non-hydrogen) atoms. The van der Waals surface area contributed by atoms with Gasteiger partial charge in [0.15, 0.2) is 0 Å². The van der Waals surface area contributed by atoms with Crippen molar-refractivity contribution in [2.24, 2.45) is 0 Å². The Hall–Kier alpha value is -0.950. The van der Waals surface area contributed by atoms with Crippen molar-refractivity contribution in [1.82, 2.24) is 0 Å². The van der Waals surface area contributed by atoms with Crippen LogP contribution in [0.15, 0.2) is 0 Å². The van der Waals surface area contributed by atoms with Crippen molar-refractivity contribution >= 4 is 23.2 Å². The summed E-state index contributed by atoms with van der Waals surface area (Å²) in [6.45, 7) is 0. The molecule has 0 radical (unpaired) electrons. The van der Waals surface area contributed by atoms with E-state index >= 15 is 0 Å². The molecule has 0 saturated heterocycles. The van der Waals surface area contributed by atoms with Crippen molar-refractivity contribution in [1.29, 1.82) is 5.41 Å². The monoisotopic (exact) mass is 181 g/mol. The molecule has 0 saturated carbocycles. The number of aliphatic carboxylic acids is 1. The van der Waals surface area contributed by atoms with E-state index in [0.717, 1.165) is 0 Å². The SMILES string of the molecule is N=C(CCC(=O)O)OS(=O)O. The summed E-state index contributed by atoms with van der Waals surface area (Å²) in [6, 6.07) is 0. The lowest BCUT2D eigenvalue weighted by atomic mass is 10.3. The van der Waals surface area contributed by atoms with Crippen LogP contribution in [0.25, 0.3) is 0 Å². The van der Waals surface area contributed by atoms with E-state index in [9.17, 15) is 9.00 Å². The van der Waals surface area contributed by atoms with Gasteiger partial charge in [-0.05, 0) is 0 Å². The van der Waals surface area contributed by atoms with E-state index in [-0.39, 0.29) is 12.8 Å². The topological polar surface area (TPSA) is 108 Å². The van der Waals surface area contributed by atoms with E-state index in [4.69, 9.17) is 15.1 Å². The van der Waals surface area contributed by atoms with Crippen LogP contribution in [0.3, 0.4) is 0 Å². The summed E-state index contributed by atoms with van der Waals surface area (Å²) in [5, 5.41) is 14.9. The molecular weight excluding hydrogens is 174 g/mol. The van der Waals surface area contributed by atoms with Crippen LogP contribution in [0.4, 0.5) is 0 Å². The molecule has 6 nitrogen and oxygen atoms in total. The molecule has 0 aromatic rings. The van der Waals surface area contributed by atoms with Gasteiger partial charge in [0.2, 0.25) is 5.90 Å². The average Bonchev–Trinajstić information content (AvgIpc) is 1.82. The van der Waals surface area contributed by atoms with Crippen molar-refractivity contribution in [3.8, 4) is 0 Å². The minimum absolute atomic E-state index is 0.179. The molecule has 0 rings (SSSR count). The molecule has 0 aliphatic carbocycles. The first-order valence-electron chi connectivity index (χ1n) is 2.60. The van der Waals surface area contributed by atoms with Gasteiger partial charge in [0.1, 0.15) is 0 Å². The normalized spacial score (nSPS) is 12.1. The Morgan fingerprint density at radius 3 is 2.45 bits per heavy atom. The fourth-order valence-electron chi connectivity index (χ4n) is 0.348. The third kappa shape index (κ3) is 6.94. The maximum Gasteiger partial charge on any atom is 0.358 e. The van der Waals surface area contributed by atoms with Crippen LogP contribution in [0, 0.1) is 5.41 Å². The highest BCUT2D eigenvalue weighted by Crippen LogP contribution is 1.94. The highest BCUT2D eigenvalue weighted by atomic mass is 32.2. The minimum atomic E-state index is -2.53. The number of carbonyl (C=O) groups is 1. The molecule has 0 amide bonds. The third-order valence-electron chi connectivity index (χ3n) is 0.738. The fraction of sp³-hybridized carbons (Fsp3) is 0.500. The first-order valence-corrected chi connectivity index (χ1v) is 3.64. The Bertz CT molecular complexity index is 191. The van der Waals surface area contributed by atoms with Gasteiger partial charge in [0.25, 0.3) is 0 Å². The molecule has 3 N–H and O–H groups in total. The quantitative estimate of drug-likeness (QED) is 0.321. The van der Waals surface area contributed by atoms with E-state index < -0.39 is 23.2 Å². The number of rotatable bonds is 4. The molecule has 7 heteroatoms. The van der Waals surface area contributed by atoms with Gasteiger partial charge in [-0.3, -0.25) is 14.8 Å². The van der Waals surface area contributed by atoms with Gasteiger partial charge in [0.05, 0.1) is 6.42 Å². The Morgan fingerprint density at radius 2 is 2.09 bits per heavy atom. The van der Waals surface area contributed by atoms with Gasteiger partial charge in [0, 0.05) is 6.42 Å². The molecule has 0 heterocycles. The van der Waals surface area contributed by atoms with Crippen LogP contribution in [-0.4, -0.2) is 25.7 Å². The van der Waals surface area contributed by atoms with E-state index in [1.807, 2.05) is 0 Å². The number of carboxylic acids is 1. The lowest BCUT2D eigenvalue weighted by Crippen LogP contribution is -2.07. The van der Waals surface area contributed by atoms with Crippen LogP contribution >= 0.6 is 0 Å². The van der Waals surface area contributed by atoms with E-state index in [0.29, 0.717) is 0 Å². The van der Waals surface area contributed by atoms with Crippen LogP contribution in [0.2, 0.25) is 0 Å². The molecule has 0 aromatic heterocycles. The van der Waals surface area contributed by atoms with Crippen LogP contribution < -0.4 is 0 Å². The molecule has 0 aromatic carbocycles. The summed E-state index contributed by atoms with van der Waals surface area (Å²) in [6.07, 6.45) is -0.461. The van der Waals surface area contributed by atoms with Crippen molar-refractivity contribution in [3.63, 3.8) is 0 Å². The minimum Gasteiger partial charge on any atom is -0.481 e. The zero-order valence-electron chi connectivity index (χ0n) is 5.44. The molecule has 0 aliphatic heterocycles. The molecule has 1 unspecified atom stereocenters. The standard InChI is InChI=1S/C4H7NO5S/c5-3(10-11(8)9)1-2-4(6)7/h5H,1-2H2,(H,6,7)(H,8,9). The van der Waals surface area contributed by atoms with Crippen LogP contribution in [0.1, 0.15) is 12.8 Å². The number of nitrogens with one attached hydrogen (secondary N) is 1.